The number of hydrogen-bond acceptors (Lipinski definition) is 3. The van der Waals surface area contributed by atoms with Gasteiger partial charge < -0.3 is 14.8 Å². The van der Waals surface area contributed by atoms with E-state index >= 15 is 0 Å². The largest absolute Gasteiger partial charge is 0.486 e. The monoisotopic (exact) mass is 221 g/mol. The number of benzene rings is 1. The molecule has 1 unspecified atom stereocenters. The Hall–Kier alpha value is -1.22. The zero-order chi connectivity index (χ0) is 11.4. The van der Waals surface area contributed by atoms with E-state index in [1.54, 1.807) is 0 Å². The van der Waals surface area contributed by atoms with Crippen molar-refractivity contribution in [3.8, 4) is 11.5 Å². The third-order valence-corrected chi connectivity index (χ3v) is 2.83. The van der Waals surface area contributed by atoms with Crippen LogP contribution in [0, 0.1) is 0 Å². The van der Waals surface area contributed by atoms with Crippen LogP contribution in [-0.2, 0) is 0 Å². The minimum atomic E-state index is 0.404. The molecule has 0 aromatic heterocycles. The van der Waals surface area contributed by atoms with Gasteiger partial charge in [0.25, 0.3) is 0 Å². The van der Waals surface area contributed by atoms with Gasteiger partial charge in [0.1, 0.15) is 13.2 Å². The van der Waals surface area contributed by atoms with Crippen LogP contribution in [0.25, 0.3) is 0 Å². The third kappa shape index (κ3) is 2.30. The smallest absolute Gasteiger partial charge is 0.161 e. The molecular formula is C13H19NO2. The van der Waals surface area contributed by atoms with Gasteiger partial charge in [-0.2, -0.15) is 0 Å². The molecule has 3 heteroatoms. The molecule has 0 radical (unpaired) electrons. The van der Waals surface area contributed by atoms with E-state index in [1.807, 2.05) is 6.07 Å². The first-order valence-corrected chi connectivity index (χ1v) is 5.98. The molecule has 2 rings (SSSR count). The van der Waals surface area contributed by atoms with Crippen LogP contribution in [0.3, 0.4) is 0 Å². The number of nitrogens with one attached hydrogen (secondary N) is 1. The van der Waals surface area contributed by atoms with Crippen LogP contribution in [0.4, 0.5) is 0 Å². The zero-order valence-electron chi connectivity index (χ0n) is 9.95. The van der Waals surface area contributed by atoms with Crippen molar-refractivity contribution in [3.63, 3.8) is 0 Å². The summed E-state index contributed by atoms with van der Waals surface area (Å²) in [6, 6.07) is 6.61. The maximum Gasteiger partial charge on any atom is 0.161 e. The summed E-state index contributed by atoms with van der Waals surface area (Å²) in [6.45, 7) is 6.59. The molecule has 16 heavy (non-hydrogen) atoms. The van der Waals surface area contributed by atoms with Crippen molar-refractivity contribution >= 4 is 0 Å². The van der Waals surface area contributed by atoms with Crippen LogP contribution < -0.4 is 14.8 Å². The van der Waals surface area contributed by atoms with Crippen molar-refractivity contribution in [1.82, 2.24) is 5.32 Å². The lowest BCUT2D eigenvalue weighted by molar-refractivity contribution is 0.171. The van der Waals surface area contributed by atoms with Gasteiger partial charge in [0.15, 0.2) is 11.5 Å². The van der Waals surface area contributed by atoms with Gasteiger partial charge in [-0.15, -0.1) is 0 Å². The lowest BCUT2D eigenvalue weighted by Crippen LogP contribution is -2.21. The highest BCUT2D eigenvalue weighted by atomic mass is 16.6. The van der Waals surface area contributed by atoms with Crippen LogP contribution in [0.2, 0.25) is 0 Å². The highest BCUT2D eigenvalue weighted by Crippen LogP contribution is 2.33. The molecule has 1 aliphatic heterocycles. The van der Waals surface area contributed by atoms with Gasteiger partial charge >= 0.3 is 0 Å². The fourth-order valence-corrected chi connectivity index (χ4v) is 2.02. The summed E-state index contributed by atoms with van der Waals surface area (Å²) >= 11 is 0. The first-order valence-electron chi connectivity index (χ1n) is 5.98. The number of fused-ring (bicyclic) bond motifs is 1. The molecule has 1 aliphatic rings. The Balaban J connectivity index is 2.21. The van der Waals surface area contributed by atoms with E-state index in [0.29, 0.717) is 19.3 Å². The molecule has 1 heterocycles. The molecule has 0 saturated carbocycles. The molecule has 0 bridgehead atoms. The van der Waals surface area contributed by atoms with Crippen molar-refractivity contribution in [1.29, 1.82) is 0 Å². The maximum absolute atomic E-state index is 5.58. The molecule has 3 nitrogen and oxygen atoms in total. The Labute approximate surface area is 96.8 Å². The Kier molecular flexibility index (Phi) is 3.67. The van der Waals surface area contributed by atoms with Crippen molar-refractivity contribution in [2.45, 2.75) is 26.3 Å². The first kappa shape index (κ1) is 11.3. The van der Waals surface area contributed by atoms with E-state index in [-0.39, 0.29) is 0 Å². The maximum atomic E-state index is 5.58. The standard InChI is InChI=1S/C13H19NO2/c1-3-11(14-4-2)10-5-6-12-13(9-10)16-8-7-15-12/h5-6,9,11,14H,3-4,7-8H2,1-2H3. The Bertz CT molecular complexity index is 352. The number of rotatable bonds is 4. The molecule has 0 aliphatic carbocycles. The lowest BCUT2D eigenvalue weighted by atomic mass is 10.0. The van der Waals surface area contributed by atoms with Gasteiger partial charge in [0.05, 0.1) is 0 Å². The van der Waals surface area contributed by atoms with Crippen LogP contribution in [0.1, 0.15) is 31.9 Å². The Morgan fingerprint density at radius 1 is 1.19 bits per heavy atom. The Morgan fingerprint density at radius 2 is 1.94 bits per heavy atom. The molecule has 1 N–H and O–H groups in total. The average Bonchev–Trinajstić information content (AvgIpc) is 2.35. The zero-order valence-corrected chi connectivity index (χ0v) is 9.95. The minimum Gasteiger partial charge on any atom is -0.486 e. The fraction of sp³-hybridized carbons (Fsp3) is 0.538. The van der Waals surface area contributed by atoms with Crippen molar-refractivity contribution in [3.05, 3.63) is 23.8 Å². The van der Waals surface area contributed by atoms with E-state index in [4.69, 9.17) is 9.47 Å². The third-order valence-electron chi connectivity index (χ3n) is 2.83. The van der Waals surface area contributed by atoms with Gasteiger partial charge in [0, 0.05) is 6.04 Å². The quantitative estimate of drug-likeness (QED) is 0.847. The van der Waals surface area contributed by atoms with Crippen LogP contribution in [0.15, 0.2) is 18.2 Å². The molecular weight excluding hydrogens is 202 g/mol. The molecule has 0 spiro atoms. The van der Waals surface area contributed by atoms with Gasteiger partial charge in [0.2, 0.25) is 0 Å². The summed E-state index contributed by atoms with van der Waals surface area (Å²) in [7, 11) is 0. The van der Waals surface area contributed by atoms with E-state index < -0.39 is 0 Å². The molecule has 1 aromatic rings. The molecule has 88 valence electrons. The molecule has 1 aromatic carbocycles. The topological polar surface area (TPSA) is 30.5 Å². The second-order valence-corrected chi connectivity index (χ2v) is 3.92. The van der Waals surface area contributed by atoms with Crippen molar-refractivity contribution < 1.29 is 9.47 Å². The number of hydrogen-bond donors (Lipinski definition) is 1. The second kappa shape index (κ2) is 5.21. The van der Waals surface area contributed by atoms with Crippen LogP contribution in [-0.4, -0.2) is 19.8 Å². The van der Waals surface area contributed by atoms with Crippen LogP contribution >= 0.6 is 0 Å². The lowest BCUT2D eigenvalue weighted by Gasteiger charge is -2.22. The highest BCUT2D eigenvalue weighted by molar-refractivity contribution is 5.44. The van der Waals surface area contributed by atoms with E-state index in [0.717, 1.165) is 24.5 Å². The van der Waals surface area contributed by atoms with Gasteiger partial charge in [-0.25, -0.2) is 0 Å². The van der Waals surface area contributed by atoms with Gasteiger partial charge in [-0.05, 0) is 30.7 Å². The van der Waals surface area contributed by atoms with E-state index in [2.05, 4.69) is 31.3 Å². The summed E-state index contributed by atoms with van der Waals surface area (Å²) in [4.78, 5) is 0. The second-order valence-electron chi connectivity index (χ2n) is 3.92. The van der Waals surface area contributed by atoms with E-state index in [1.165, 1.54) is 5.56 Å². The summed E-state index contributed by atoms with van der Waals surface area (Å²) in [6.07, 6.45) is 1.08. The van der Waals surface area contributed by atoms with Gasteiger partial charge in [-0.3, -0.25) is 0 Å². The average molecular weight is 221 g/mol. The first-order chi connectivity index (χ1) is 7.85. The Morgan fingerprint density at radius 3 is 2.62 bits per heavy atom. The minimum absolute atomic E-state index is 0.404. The normalized spacial score (nSPS) is 15.9. The SMILES string of the molecule is CCNC(CC)c1ccc2c(c1)OCCO2. The fourth-order valence-electron chi connectivity index (χ4n) is 2.02. The predicted octanol–water partition coefficient (Wildman–Crippen LogP) is 2.52. The molecule has 1 atom stereocenters. The summed E-state index contributed by atoms with van der Waals surface area (Å²) < 4.78 is 11.1. The van der Waals surface area contributed by atoms with E-state index in [9.17, 15) is 0 Å². The van der Waals surface area contributed by atoms with Crippen molar-refractivity contribution in [2.24, 2.45) is 0 Å². The highest BCUT2D eigenvalue weighted by Gasteiger charge is 2.15. The van der Waals surface area contributed by atoms with Gasteiger partial charge in [-0.1, -0.05) is 19.9 Å². The summed E-state index contributed by atoms with van der Waals surface area (Å²) in [5, 5.41) is 3.46. The predicted molar refractivity (Wildman–Crippen MR) is 64.1 cm³/mol. The molecule has 0 fully saturated rings. The van der Waals surface area contributed by atoms with Crippen LogP contribution in [0.5, 0.6) is 11.5 Å². The molecule has 0 amide bonds. The van der Waals surface area contributed by atoms with Crippen molar-refractivity contribution in [2.75, 3.05) is 19.8 Å². The molecule has 0 saturated heterocycles. The summed E-state index contributed by atoms with van der Waals surface area (Å²) in [5.74, 6) is 1.74. The number of ether oxygens (including phenoxy) is 2. The summed E-state index contributed by atoms with van der Waals surface area (Å²) in [5.41, 5.74) is 1.27.